The number of amides is 2. The number of imide groups is 1. The molecule has 0 bridgehead atoms. The summed E-state index contributed by atoms with van der Waals surface area (Å²) in [7, 11) is -3.95. The summed E-state index contributed by atoms with van der Waals surface area (Å²) in [4.78, 5) is 38.8. The van der Waals surface area contributed by atoms with Gasteiger partial charge in [0, 0.05) is 5.69 Å². The summed E-state index contributed by atoms with van der Waals surface area (Å²) in [5, 5.41) is 0. The fourth-order valence-electron chi connectivity index (χ4n) is 4.70. The molecule has 2 aliphatic rings. The summed E-state index contributed by atoms with van der Waals surface area (Å²) in [5.74, 6) is -1.27. The molecular formula is C25H28N2O6S. The van der Waals surface area contributed by atoms with E-state index in [9.17, 15) is 22.8 Å². The van der Waals surface area contributed by atoms with Crippen molar-refractivity contribution in [3.05, 3.63) is 59.2 Å². The third kappa shape index (κ3) is 4.70. The van der Waals surface area contributed by atoms with Crippen LogP contribution >= 0.6 is 0 Å². The molecular weight excluding hydrogens is 456 g/mol. The number of carbonyl (C=O) groups excluding carboxylic acids is 3. The number of carbonyl (C=O) groups is 3. The zero-order valence-electron chi connectivity index (χ0n) is 19.2. The number of nitrogens with zero attached hydrogens (tertiary/aromatic N) is 1. The molecule has 2 aromatic rings. The van der Waals surface area contributed by atoms with E-state index in [4.69, 9.17) is 4.74 Å². The Labute approximate surface area is 199 Å². The van der Waals surface area contributed by atoms with E-state index in [2.05, 4.69) is 4.72 Å². The second-order valence-electron chi connectivity index (χ2n) is 8.76. The highest BCUT2D eigenvalue weighted by atomic mass is 32.2. The van der Waals surface area contributed by atoms with E-state index in [0.717, 1.165) is 25.7 Å². The first kappa shape index (κ1) is 23.9. The van der Waals surface area contributed by atoms with E-state index in [1.807, 2.05) is 0 Å². The Bertz CT molecular complexity index is 1200. The molecule has 0 aromatic heterocycles. The first-order valence-electron chi connectivity index (χ1n) is 11.5. The Morgan fingerprint density at radius 1 is 1.03 bits per heavy atom. The van der Waals surface area contributed by atoms with Gasteiger partial charge < -0.3 is 4.74 Å². The van der Waals surface area contributed by atoms with Crippen LogP contribution in [0, 0.1) is 18.8 Å². The lowest BCUT2D eigenvalue weighted by Gasteiger charge is -2.19. The topological polar surface area (TPSA) is 110 Å². The van der Waals surface area contributed by atoms with Gasteiger partial charge in [0.05, 0.1) is 35.4 Å². The number of benzene rings is 2. The number of likely N-dealkylation sites (tertiary alicyclic amines) is 1. The van der Waals surface area contributed by atoms with Gasteiger partial charge in [-0.15, -0.1) is 0 Å². The molecule has 180 valence electrons. The van der Waals surface area contributed by atoms with Gasteiger partial charge in [0.2, 0.25) is 11.8 Å². The van der Waals surface area contributed by atoms with Crippen molar-refractivity contribution in [1.82, 2.24) is 4.90 Å². The molecule has 1 saturated heterocycles. The molecule has 1 aliphatic carbocycles. The van der Waals surface area contributed by atoms with E-state index >= 15 is 0 Å². The van der Waals surface area contributed by atoms with E-state index in [0.29, 0.717) is 22.4 Å². The predicted molar refractivity (Wildman–Crippen MR) is 125 cm³/mol. The number of fused-ring (bicyclic) bond motifs is 1. The number of sulfonamides is 1. The molecule has 0 unspecified atom stereocenters. The predicted octanol–water partition coefficient (Wildman–Crippen LogP) is 3.65. The summed E-state index contributed by atoms with van der Waals surface area (Å²) in [6.07, 6.45) is 3.37. The average Bonchev–Trinajstić information content (AvgIpc) is 3.05. The Hall–Kier alpha value is -3.20. The van der Waals surface area contributed by atoms with Crippen molar-refractivity contribution in [2.75, 3.05) is 11.3 Å². The fraction of sp³-hybridized carbons (Fsp3) is 0.400. The van der Waals surface area contributed by atoms with Crippen LogP contribution in [0.5, 0.6) is 0 Å². The molecule has 1 aliphatic heterocycles. The molecule has 2 aromatic carbocycles. The number of hydrogen-bond donors (Lipinski definition) is 1. The monoisotopic (exact) mass is 484 g/mol. The maximum Gasteiger partial charge on any atom is 0.338 e. The Balaban J connectivity index is 1.53. The summed E-state index contributed by atoms with van der Waals surface area (Å²) >= 11 is 0. The van der Waals surface area contributed by atoms with Gasteiger partial charge in [0.15, 0.2) is 0 Å². The van der Waals surface area contributed by atoms with E-state index in [1.54, 1.807) is 26.0 Å². The lowest BCUT2D eigenvalue weighted by Crippen LogP contribution is -2.30. The van der Waals surface area contributed by atoms with Gasteiger partial charge >= 0.3 is 5.97 Å². The van der Waals surface area contributed by atoms with Crippen LogP contribution in [0.15, 0.2) is 47.4 Å². The number of anilines is 1. The van der Waals surface area contributed by atoms with Gasteiger partial charge in [-0.05, 0) is 68.1 Å². The third-order valence-electron chi connectivity index (χ3n) is 6.46. The normalized spacial score (nSPS) is 20.2. The lowest BCUT2D eigenvalue weighted by molar-refractivity contribution is -0.140. The molecule has 1 saturated carbocycles. The Kier molecular flexibility index (Phi) is 6.74. The van der Waals surface area contributed by atoms with Crippen molar-refractivity contribution in [2.24, 2.45) is 11.8 Å². The van der Waals surface area contributed by atoms with Crippen LogP contribution in [-0.4, -0.2) is 37.7 Å². The minimum Gasteiger partial charge on any atom is -0.462 e. The highest BCUT2D eigenvalue weighted by Crippen LogP contribution is 2.38. The second-order valence-corrected chi connectivity index (χ2v) is 10.4. The summed E-state index contributed by atoms with van der Waals surface area (Å²) in [5.41, 5.74) is 1.73. The molecule has 2 amide bonds. The SMILES string of the molecule is CCOC(=O)c1ccc(NS(=O)(=O)c2cc(CN3C(=O)[C@H]4CCCC[C@H]4C3=O)ccc2C)cc1. The van der Waals surface area contributed by atoms with Crippen LogP contribution in [0.25, 0.3) is 0 Å². The Morgan fingerprint density at radius 2 is 1.65 bits per heavy atom. The van der Waals surface area contributed by atoms with Crippen LogP contribution in [-0.2, 0) is 30.9 Å². The number of aryl methyl sites for hydroxylation is 1. The van der Waals surface area contributed by atoms with Crippen LogP contribution in [0.1, 0.15) is 54.1 Å². The molecule has 4 rings (SSSR count). The van der Waals surface area contributed by atoms with Crippen molar-refractivity contribution in [1.29, 1.82) is 0 Å². The quantitative estimate of drug-likeness (QED) is 0.475. The van der Waals surface area contributed by atoms with E-state index in [1.165, 1.54) is 35.2 Å². The zero-order valence-corrected chi connectivity index (χ0v) is 20.1. The highest BCUT2D eigenvalue weighted by Gasteiger charge is 2.47. The van der Waals surface area contributed by atoms with Crippen molar-refractivity contribution in [3.8, 4) is 0 Å². The molecule has 8 nitrogen and oxygen atoms in total. The van der Waals surface area contributed by atoms with Gasteiger partial charge in [-0.3, -0.25) is 19.2 Å². The standard InChI is InChI=1S/C25H28N2O6S/c1-3-33-25(30)18-10-12-19(13-11-18)26-34(31,32)22-14-17(9-8-16(22)2)15-27-23(28)20-6-4-5-7-21(20)24(27)29/h8-14,20-21,26H,3-7,15H2,1-2H3/t20-,21+. The molecule has 0 radical (unpaired) electrons. The van der Waals surface area contributed by atoms with Gasteiger partial charge in [0.1, 0.15) is 0 Å². The second kappa shape index (κ2) is 9.58. The zero-order chi connectivity index (χ0) is 24.5. The number of hydrogen-bond acceptors (Lipinski definition) is 6. The summed E-state index contributed by atoms with van der Waals surface area (Å²) in [6, 6.07) is 10.9. The van der Waals surface area contributed by atoms with Crippen molar-refractivity contribution < 1.29 is 27.5 Å². The third-order valence-corrected chi connectivity index (χ3v) is 7.99. The van der Waals surface area contributed by atoms with Crippen molar-refractivity contribution >= 4 is 33.5 Å². The highest BCUT2D eigenvalue weighted by molar-refractivity contribution is 7.92. The Morgan fingerprint density at radius 3 is 2.24 bits per heavy atom. The minimum atomic E-state index is -3.95. The van der Waals surface area contributed by atoms with E-state index in [-0.39, 0.29) is 41.7 Å². The number of esters is 1. The lowest BCUT2D eigenvalue weighted by atomic mass is 9.81. The first-order chi connectivity index (χ1) is 16.2. The van der Waals surface area contributed by atoms with Crippen molar-refractivity contribution in [3.63, 3.8) is 0 Å². The smallest absolute Gasteiger partial charge is 0.338 e. The summed E-state index contributed by atoms with van der Waals surface area (Å²) in [6.45, 7) is 3.70. The van der Waals surface area contributed by atoms with Crippen molar-refractivity contribution in [2.45, 2.75) is 51.0 Å². The molecule has 2 atom stereocenters. The van der Waals surface area contributed by atoms with E-state index < -0.39 is 16.0 Å². The number of ether oxygens (including phenoxy) is 1. The molecule has 9 heteroatoms. The van der Waals surface area contributed by atoms with Gasteiger partial charge in [-0.25, -0.2) is 13.2 Å². The van der Waals surface area contributed by atoms with Gasteiger partial charge in [-0.2, -0.15) is 0 Å². The maximum absolute atomic E-state index is 13.1. The van der Waals surface area contributed by atoms with Crippen LogP contribution in [0.2, 0.25) is 0 Å². The molecule has 2 fully saturated rings. The number of nitrogens with one attached hydrogen (secondary N) is 1. The van der Waals surface area contributed by atoms with Gasteiger partial charge in [-0.1, -0.05) is 25.0 Å². The molecule has 1 N–H and O–H groups in total. The largest absolute Gasteiger partial charge is 0.462 e. The molecule has 0 spiro atoms. The number of rotatable bonds is 7. The summed E-state index contributed by atoms with van der Waals surface area (Å²) < 4.78 is 33.7. The molecule has 1 heterocycles. The van der Waals surface area contributed by atoms with Crippen LogP contribution < -0.4 is 4.72 Å². The maximum atomic E-state index is 13.1. The first-order valence-corrected chi connectivity index (χ1v) is 12.9. The van der Waals surface area contributed by atoms with Gasteiger partial charge in [0.25, 0.3) is 10.0 Å². The minimum absolute atomic E-state index is 0.0572. The van der Waals surface area contributed by atoms with Crippen LogP contribution in [0.4, 0.5) is 5.69 Å². The average molecular weight is 485 g/mol. The molecule has 34 heavy (non-hydrogen) atoms. The van der Waals surface area contributed by atoms with Crippen LogP contribution in [0.3, 0.4) is 0 Å². The fourth-order valence-corrected chi connectivity index (χ4v) is 6.06.